The largest absolute Gasteiger partial charge is 0.465 e. The van der Waals surface area contributed by atoms with Gasteiger partial charge in [0.25, 0.3) is 0 Å². The summed E-state index contributed by atoms with van der Waals surface area (Å²) in [6.45, 7) is 5.57. The van der Waals surface area contributed by atoms with Gasteiger partial charge < -0.3 is 10.2 Å². The van der Waals surface area contributed by atoms with Gasteiger partial charge in [0.15, 0.2) is 0 Å². The zero-order valence-electron chi connectivity index (χ0n) is 7.42. The quantitative estimate of drug-likeness (QED) is 0.696. The molecule has 0 bridgehead atoms. The van der Waals surface area contributed by atoms with Crippen LogP contribution < -0.4 is 5.73 Å². The lowest BCUT2D eigenvalue weighted by Crippen LogP contribution is -2.08. The first-order chi connectivity index (χ1) is 5.74. The van der Waals surface area contributed by atoms with E-state index < -0.39 is 0 Å². The van der Waals surface area contributed by atoms with Crippen LogP contribution in [0.3, 0.4) is 0 Å². The van der Waals surface area contributed by atoms with E-state index in [0.29, 0.717) is 0 Å². The van der Waals surface area contributed by atoms with Gasteiger partial charge in [-0.05, 0) is 31.9 Å². The van der Waals surface area contributed by atoms with E-state index in [-0.39, 0.29) is 6.04 Å². The normalized spacial score (nSPS) is 12.8. The highest BCUT2D eigenvalue weighted by molar-refractivity contribution is 5.09. The Balaban J connectivity index is 2.52. The fourth-order valence-corrected chi connectivity index (χ4v) is 1.09. The number of hydrogen-bond donors (Lipinski definition) is 1. The summed E-state index contributed by atoms with van der Waals surface area (Å²) >= 11 is 0. The van der Waals surface area contributed by atoms with Gasteiger partial charge in [0.05, 0.1) is 6.04 Å². The van der Waals surface area contributed by atoms with Gasteiger partial charge in [0, 0.05) is 0 Å². The second kappa shape index (κ2) is 4.12. The molecule has 0 aliphatic rings. The van der Waals surface area contributed by atoms with Crippen molar-refractivity contribution in [2.45, 2.75) is 25.8 Å². The lowest BCUT2D eigenvalue weighted by molar-refractivity contribution is 0.436. The molecule has 2 nitrogen and oxygen atoms in total. The van der Waals surface area contributed by atoms with E-state index >= 15 is 0 Å². The number of rotatable bonds is 4. The minimum atomic E-state index is 0.0108. The van der Waals surface area contributed by atoms with Crippen LogP contribution in [0.5, 0.6) is 0 Å². The van der Waals surface area contributed by atoms with E-state index in [0.717, 1.165) is 24.4 Å². The van der Waals surface area contributed by atoms with Crippen LogP contribution in [0.4, 0.5) is 0 Å². The minimum absolute atomic E-state index is 0.0108. The second-order valence-electron chi connectivity index (χ2n) is 2.92. The molecule has 1 aromatic rings. The SMILES string of the molecule is C=CCCC(N)c1ccc(C)o1. The summed E-state index contributed by atoms with van der Waals surface area (Å²) in [7, 11) is 0. The van der Waals surface area contributed by atoms with Crippen molar-refractivity contribution in [2.24, 2.45) is 5.73 Å². The van der Waals surface area contributed by atoms with Crippen molar-refractivity contribution >= 4 is 0 Å². The van der Waals surface area contributed by atoms with E-state index in [4.69, 9.17) is 10.2 Å². The predicted molar refractivity (Wildman–Crippen MR) is 49.8 cm³/mol. The Hall–Kier alpha value is -1.02. The zero-order valence-corrected chi connectivity index (χ0v) is 7.42. The Kier molecular flexibility index (Phi) is 3.11. The van der Waals surface area contributed by atoms with Crippen molar-refractivity contribution in [1.82, 2.24) is 0 Å². The van der Waals surface area contributed by atoms with Crippen LogP contribution in [0.15, 0.2) is 29.2 Å². The fraction of sp³-hybridized carbons (Fsp3) is 0.400. The average Bonchev–Trinajstić information content (AvgIpc) is 2.47. The first-order valence-electron chi connectivity index (χ1n) is 4.17. The van der Waals surface area contributed by atoms with Crippen LogP contribution in [-0.4, -0.2) is 0 Å². The highest BCUT2D eigenvalue weighted by atomic mass is 16.3. The van der Waals surface area contributed by atoms with Gasteiger partial charge >= 0.3 is 0 Å². The summed E-state index contributed by atoms with van der Waals surface area (Å²) < 4.78 is 5.38. The summed E-state index contributed by atoms with van der Waals surface area (Å²) in [5.74, 6) is 1.79. The lowest BCUT2D eigenvalue weighted by Gasteiger charge is -2.05. The molecule has 0 aromatic carbocycles. The van der Waals surface area contributed by atoms with Crippen LogP contribution in [0.25, 0.3) is 0 Å². The van der Waals surface area contributed by atoms with Crippen LogP contribution in [0.1, 0.15) is 30.4 Å². The molecule has 1 rings (SSSR count). The molecular formula is C10H15NO. The van der Waals surface area contributed by atoms with Gasteiger partial charge in [-0.15, -0.1) is 6.58 Å². The van der Waals surface area contributed by atoms with E-state index in [1.54, 1.807) is 0 Å². The molecule has 0 amide bonds. The maximum atomic E-state index is 5.85. The molecule has 0 saturated carbocycles. The first-order valence-corrected chi connectivity index (χ1v) is 4.17. The molecule has 1 atom stereocenters. The molecular weight excluding hydrogens is 150 g/mol. The Bertz CT molecular complexity index is 252. The van der Waals surface area contributed by atoms with Crippen LogP contribution >= 0.6 is 0 Å². The Morgan fingerprint density at radius 3 is 2.92 bits per heavy atom. The lowest BCUT2D eigenvalue weighted by atomic mass is 10.1. The Labute approximate surface area is 73.1 Å². The summed E-state index contributed by atoms with van der Waals surface area (Å²) in [6.07, 6.45) is 3.70. The molecule has 0 spiro atoms. The number of hydrogen-bond acceptors (Lipinski definition) is 2. The van der Waals surface area contributed by atoms with E-state index in [9.17, 15) is 0 Å². The molecule has 1 heterocycles. The third-order valence-corrected chi connectivity index (χ3v) is 1.81. The van der Waals surface area contributed by atoms with E-state index in [2.05, 4.69) is 6.58 Å². The summed E-state index contributed by atoms with van der Waals surface area (Å²) in [5.41, 5.74) is 5.85. The van der Waals surface area contributed by atoms with Crippen LogP contribution in [0, 0.1) is 6.92 Å². The van der Waals surface area contributed by atoms with Gasteiger partial charge in [-0.3, -0.25) is 0 Å². The molecule has 0 fully saturated rings. The highest BCUT2D eigenvalue weighted by Gasteiger charge is 2.07. The van der Waals surface area contributed by atoms with Crippen molar-refractivity contribution in [3.8, 4) is 0 Å². The smallest absolute Gasteiger partial charge is 0.120 e. The van der Waals surface area contributed by atoms with Gasteiger partial charge in [-0.1, -0.05) is 6.08 Å². The predicted octanol–water partition coefficient (Wildman–Crippen LogP) is 2.55. The maximum Gasteiger partial charge on any atom is 0.120 e. The molecule has 2 heteroatoms. The number of allylic oxidation sites excluding steroid dienone is 1. The number of nitrogens with two attached hydrogens (primary N) is 1. The third kappa shape index (κ3) is 2.24. The molecule has 1 aromatic heterocycles. The monoisotopic (exact) mass is 165 g/mol. The molecule has 0 saturated heterocycles. The summed E-state index contributed by atoms with van der Waals surface area (Å²) in [5, 5.41) is 0. The zero-order chi connectivity index (χ0) is 8.97. The Morgan fingerprint density at radius 1 is 1.67 bits per heavy atom. The summed E-state index contributed by atoms with van der Waals surface area (Å²) in [6, 6.07) is 3.88. The topological polar surface area (TPSA) is 39.2 Å². The van der Waals surface area contributed by atoms with Crippen molar-refractivity contribution in [1.29, 1.82) is 0 Å². The van der Waals surface area contributed by atoms with Gasteiger partial charge in [0.2, 0.25) is 0 Å². The first kappa shape index (κ1) is 9.07. The molecule has 12 heavy (non-hydrogen) atoms. The minimum Gasteiger partial charge on any atom is -0.465 e. The molecule has 66 valence electrons. The fourth-order valence-electron chi connectivity index (χ4n) is 1.09. The average molecular weight is 165 g/mol. The van der Waals surface area contributed by atoms with Crippen LogP contribution in [-0.2, 0) is 0 Å². The van der Waals surface area contributed by atoms with Crippen molar-refractivity contribution in [2.75, 3.05) is 0 Å². The molecule has 0 radical (unpaired) electrons. The van der Waals surface area contributed by atoms with Gasteiger partial charge in [0.1, 0.15) is 11.5 Å². The maximum absolute atomic E-state index is 5.85. The van der Waals surface area contributed by atoms with Crippen molar-refractivity contribution < 1.29 is 4.42 Å². The van der Waals surface area contributed by atoms with Crippen molar-refractivity contribution in [3.05, 3.63) is 36.3 Å². The van der Waals surface area contributed by atoms with E-state index in [1.807, 2.05) is 25.1 Å². The summed E-state index contributed by atoms with van der Waals surface area (Å²) in [4.78, 5) is 0. The standard InChI is InChI=1S/C10H15NO/c1-3-4-5-9(11)10-7-6-8(2)12-10/h3,6-7,9H,1,4-5,11H2,2H3. The Morgan fingerprint density at radius 2 is 2.42 bits per heavy atom. The van der Waals surface area contributed by atoms with Gasteiger partial charge in [-0.2, -0.15) is 0 Å². The number of furan rings is 1. The molecule has 2 N–H and O–H groups in total. The van der Waals surface area contributed by atoms with E-state index in [1.165, 1.54) is 0 Å². The highest BCUT2D eigenvalue weighted by Crippen LogP contribution is 2.18. The number of aryl methyl sites for hydroxylation is 1. The van der Waals surface area contributed by atoms with Crippen LogP contribution in [0.2, 0.25) is 0 Å². The molecule has 0 aliphatic heterocycles. The molecule has 0 aliphatic carbocycles. The van der Waals surface area contributed by atoms with Crippen molar-refractivity contribution in [3.63, 3.8) is 0 Å². The van der Waals surface area contributed by atoms with Gasteiger partial charge in [-0.25, -0.2) is 0 Å². The third-order valence-electron chi connectivity index (χ3n) is 1.81. The molecule has 1 unspecified atom stereocenters. The second-order valence-corrected chi connectivity index (χ2v) is 2.92.